The lowest BCUT2D eigenvalue weighted by molar-refractivity contribution is -0.127. The Bertz CT molecular complexity index is 1160. The summed E-state index contributed by atoms with van der Waals surface area (Å²) in [7, 11) is 0. The highest BCUT2D eigenvalue weighted by atomic mass is 16.5. The minimum absolute atomic E-state index is 0.116. The SMILES string of the molecule is CC(C)(c1ccc(OCc2ccnc(N3CC4(COC4)C3)n2)cc1)c1ccc(OC2CCC2)cc1. The first-order valence-electron chi connectivity index (χ1n) is 12.6. The third-order valence-electron chi connectivity index (χ3n) is 7.75. The van der Waals surface area contributed by atoms with Gasteiger partial charge in [0.1, 0.15) is 18.1 Å². The maximum atomic E-state index is 6.05. The number of nitrogens with zero attached hydrogens (tertiary/aromatic N) is 3. The molecule has 3 aromatic rings. The van der Waals surface area contributed by atoms with Crippen LogP contribution in [0.2, 0.25) is 0 Å². The molecule has 6 nitrogen and oxygen atoms in total. The molecule has 0 atom stereocenters. The number of ether oxygens (including phenoxy) is 3. The zero-order chi connectivity index (χ0) is 23.9. The van der Waals surface area contributed by atoms with Crippen LogP contribution in [0.4, 0.5) is 5.95 Å². The van der Waals surface area contributed by atoms with Gasteiger partial charge in [0.2, 0.25) is 5.95 Å². The van der Waals surface area contributed by atoms with E-state index in [1.165, 1.54) is 30.4 Å². The topological polar surface area (TPSA) is 56.7 Å². The van der Waals surface area contributed by atoms with Crippen molar-refractivity contribution >= 4 is 5.95 Å². The molecule has 182 valence electrons. The molecule has 0 bridgehead atoms. The molecule has 0 amide bonds. The molecule has 2 saturated heterocycles. The van der Waals surface area contributed by atoms with Gasteiger partial charge in [-0.25, -0.2) is 9.97 Å². The fourth-order valence-electron chi connectivity index (χ4n) is 5.02. The van der Waals surface area contributed by atoms with Gasteiger partial charge in [-0.3, -0.25) is 0 Å². The van der Waals surface area contributed by atoms with Crippen molar-refractivity contribution in [2.45, 2.75) is 51.2 Å². The molecule has 3 fully saturated rings. The molecule has 1 spiro atoms. The molecule has 35 heavy (non-hydrogen) atoms. The van der Waals surface area contributed by atoms with Crippen LogP contribution in [-0.2, 0) is 16.8 Å². The van der Waals surface area contributed by atoms with E-state index in [0.717, 1.165) is 49.4 Å². The summed E-state index contributed by atoms with van der Waals surface area (Å²) < 4.78 is 17.4. The fraction of sp³-hybridized carbons (Fsp3) is 0.448. The lowest BCUT2D eigenvalue weighted by Crippen LogP contribution is -2.66. The van der Waals surface area contributed by atoms with Crippen molar-refractivity contribution in [3.05, 3.63) is 77.6 Å². The Kier molecular flexibility index (Phi) is 5.64. The van der Waals surface area contributed by atoms with Gasteiger partial charge >= 0.3 is 0 Å². The fourth-order valence-corrected chi connectivity index (χ4v) is 5.02. The molecule has 3 aliphatic rings. The minimum atomic E-state index is -0.116. The molecule has 2 aliphatic heterocycles. The molecule has 0 unspecified atom stereocenters. The van der Waals surface area contributed by atoms with Crippen molar-refractivity contribution in [3.8, 4) is 11.5 Å². The van der Waals surface area contributed by atoms with Crippen LogP contribution in [0.25, 0.3) is 0 Å². The quantitative estimate of drug-likeness (QED) is 0.453. The van der Waals surface area contributed by atoms with Crippen LogP contribution in [0, 0.1) is 5.41 Å². The van der Waals surface area contributed by atoms with Crippen molar-refractivity contribution in [2.24, 2.45) is 5.41 Å². The van der Waals surface area contributed by atoms with E-state index in [-0.39, 0.29) is 5.41 Å². The minimum Gasteiger partial charge on any atom is -0.490 e. The van der Waals surface area contributed by atoms with Crippen molar-refractivity contribution in [1.82, 2.24) is 9.97 Å². The van der Waals surface area contributed by atoms with Gasteiger partial charge in [-0.1, -0.05) is 38.1 Å². The molecule has 3 heterocycles. The lowest BCUT2D eigenvalue weighted by Gasteiger charge is -2.54. The van der Waals surface area contributed by atoms with Gasteiger partial charge in [-0.2, -0.15) is 0 Å². The second kappa shape index (κ2) is 8.83. The molecule has 0 N–H and O–H groups in total. The number of rotatable bonds is 8. The second-order valence-corrected chi connectivity index (χ2v) is 10.8. The molecule has 1 aromatic heterocycles. The average Bonchev–Trinajstić information content (AvgIpc) is 2.79. The summed E-state index contributed by atoms with van der Waals surface area (Å²) in [4.78, 5) is 11.4. The van der Waals surface area contributed by atoms with E-state index < -0.39 is 0 Å². The molecule has 2 aromatic carbocycles. The Morgan fingerprint density at radius 1 is 0.943 bits per heavy atom. The monoisotopic (exact) mass is 471 g/mol. The van der Waals surface area contributed by atoms with Crippen LogP contribution >= 0.6 is 0 Å². The number of benzene rings is 2. The number of anilines is 1. The number of hydrogen-bond acceptors (Lipinski definition) is 6. The predicted molar refractivity (Wildman–Crippen MR) is 135 cm³/mol. The summed E-state index contributed by atoms with van der Waals surface area (Å²) in [5, 5.41) is 0. The summed E-state index contributed by atoms with van der Waals surface area (Å²) in [5.41, 5.74) is 3.62. The smallest absolute Gasteiger partial charge is 0.225 e. The molecular formula is C29H33N3O3. The maximum absolute atomic E-state index is 6.05. The van der Waals surface area contributed by atoms with Crippen LogP contribution in [0.15, 0.2) is 60.8 Å². The molecule has 6 heteroatoms. The molecular weight excluding hydrogens is 438 g/mol. The third-order valence-corrected chi connectivity index (χ3v) is 7.75. The van der Waals surface area contributed by atoms with Gasteiger partial charge in [-0.15, -0.1) is 0 Å². The maximum Gasteiger partial charge on any atom is 0.225 e. The molecule has 1 saturated carbocycles. The van der Waals surface area contributed by atoms with Crippen LogP contribution in [-0.4, -0.2) is 42.4 Å². The van der Waals surface area contributed by atoms with Gasteiger partial charge in [0.15, 0.2) is 0 Å². The Morgan fingerprint density at radius 2 is 1.60 bits per heavy atom. The predicted octanol–water partition coefficient (Wildman–Crippen LogP) is 5.15. The average molecular weight is 472 g/mol. The summed E-state index contributed by atoms with van der Waals surface area (Å²) in [6.07, 6.45) is 5.85. The Labute approximate surface area is 207 Å². The number of hydrogen-bond donors (Lipinski definition) is 0. The van der Waals surface area contributed by atoms with Crippen molar-refractivity contribution in [2.75, 3.05) is 31.2 Å². The molecule has 6 rings (SSSR count). The van der Waals surface area contributed by atoms with E-state index in [1.807, 2.05) is 24.4 Å². The van der Waals surface area contributed by atoms with Crippen LogP contribution in [0.5, 0.6) is 11.5 Å². The van der Waals surface area contributed by atoms with E-state index in [9.17, 15) is 0 Å². The van der Waals surface area contributed by atoms with Gasteiger partial charge in [-0.05, 0) is 60.7 Å². The van der Waals surface area contributed by atoms with E-state index in [2.05, 4.69) is 60.1 Å². The normalized spacial score (nSPS) is 19.0. The first-order chi connectivity index (χ1) is 17.0. The van der Waals surface area contributed by atoms with E-state index in [4.69, 9.17) is 19.2 Å². The summed E-state index contributed by atoms with van der Waals surface area (Å²) in [6.45, 7) is 8.60. The standard InChI is InChI=1S/C29H33N3O3/c1-28(2,22-8-12-26(13-9-22)35-25-4-3-5-25)21-6-10-24(11-7-21)34-16-23-14-15-30-27(31-23)32-17-29(18-32)19-33-20-29/h6-15,25H,3-5,16-20H2,1-2H3. The zero-order valence-electron chi connectivity index (χ0n) is 20.6. The summed E-state index contributed by atoms with van der Waals surface area (Å²) in [5.74, 6) is 2.59. The second-order valence-electron chi connectivity index (χ2n) is 10.8. The van der Waals surface area contributed by atoms with Gasteiger partial charge < -0.3 is 19.1 Å². The van der Waals surface area contributed by atoms with Crippen molar-refractivity contribution in [1.29, 1.82) is 0 Å². The van der Waals surface area contributed by atoms with Gasteiger partial charge in [0.25, 0.3) is 0 Å². The highest BCUT2D eigenvalue weighted by Crippen LogP contribution is 2.39. The highest BCUT2D eigenvalue weighted by Gasteiger charge is 2.49. The first-order valence-corrected chi connectivity index (χ1v) is 12.6. The van der Waals surface area contributed by atoms with E-state index >= 15 is 0 Å². The van der Waals surface area contributed by atoms with Gasteiger partial charge in [0.05, 0.1) is 30.4 Å². The molecule has 0 radical (unpaired) electrons. The highest BCUT2D eigenvalue weighted by molar-refractivity contribution is 5.42. The Morgan fingerprint density at radius 3 is 2.17 bits per heavy atom. The lowest BCUT2D eigenvalue weighted by atomic mass is 9.78. The summed E-state index contributed by atoms with van der Waals surface area (Å²) >= 11 is 0. The van der Waals surface area contributed by atoms with Crippen molar-refractivity contribution < 1.29 is 14.2 Å². The van der Waals surface area contributed by atoms with Crippen LogP contribution in [0.1, 0.15) is 49.9 Å². The van der Waals surface area contributed by atoms with Crippen LogP contribution < -0.4 is 14.4 Å². The Hall–Kier alpha value is -3.12. The molecule has 1 aliphatic carbocycles. The van der Waals surface area contributed by atoms with E-state index in [1.54, 1.807) is 0 Å². The first kappa shape index (κ1) is 22.4. The Balaban J connectivity index is 1.06. The largest absolute Gasteiger partial charge is 0.490 e. The third kappa shape index (κ3) is 4.47. The summed E-state index contributed by atoms with van der Waals surface area (Å²) in [6, 6.07) is 18.9. The van der Waals surface area contributed by atoms with Gasteiger partial charge in [0, 0.05) is 24.7 Å². The van der Waals surface area contributed by atoms with Crippen LogP contribution in [0.3, 0.4) is 0 Å². The van der Waals surface area contributed by atoms with Crippen molar-refractivity contribution in [3.63, 3.8) is 0 Å². The number of aromatic nitrogens is 2. The zero-order valence-corrected chi connectivity index (χ0v) is 20.6. The van der Waals surface area contributed by atoms with E-state index in [0.29, 0.717) is 18.1 Å².